The molecule has 0 fully saturated rings. The highest BCUT2D eigenvalue weighted by molar-refractivity contribution is 5.95. The van der Waals surface area contributed by atoms with Crippen LogP contribution >= 0.6 is 0 Å². The molecule has 2 aromatic rings. The summed E-state index contributed by atoms with van der Waals surface area (Å²) in [5, 5.41) is 0. The van der Waals surface area contributed by atoms with E-state index in [1.165, 1.54) is 44.5 Å². The summed E-state index contributed by atoms with van der Waals surface area (Å²) in [5.74, 6) is 0. The highest BCUT2D eigenvalue weighted by atomic mass is 14.5. The lowest BCUT2D eigenvalue weighted by molar-refractivity contribution is 0.624. The molecule has 0 spiro atoms. The standard InChI is InChI=1S/C23H22/c1-22(2)13-16-20-15-8-5-7-14(15)11-12-19(20)23(3,4)18-10-6-9-17(22)21(16)18/h5-7,9-13H,8H2,1-4H3. The van der Waals surface area contributed by atoms with Crippen molar-refractivity contribution in [3.05, 3.63) is 81.4 Å². The molecule has 0 saturated carbocycles. The average Bonchev–Trinajstić information content (AvgIpc) is 3.08. The van der Waals surface area contributed by atoms with Gasteiger partial charge in [-0.05, 0) is 50.9 Å². The number of benzene rings is 2. The van der Waals surface area contributed by atoms with E-state index in [4.69, 9.17) is 0 Å². The normalized spacial score (nSPS) is 20.8. The van der Waals surface area contributed by atoms with Gasteiger partial charge in [-0.25, -0.2) is 0 Å². The highest BCUT2D eigenvalue weighted by Crippen LogP contribution is 2.55. The van der Waals surface area contributed by atoms with Gasteiger partial charge < -0.3 is 0 Å². The van der Waals surface area contributed by atoms with Crippen molar-refractivity contribution in [1.29, 1.82) is 0 Å². The summed E-state index contributed by atoms with van der Waals surface area (Å²) in [6, 6.07) is 11.6. The van der Waals surface area contributed by atoms with Crippen molar-refractivity contribution < 1.29 is 0 Å². The molecule has 0 N–H and O–H groups in total. The van der Waals surface area contributed by atoms with E-state index in [2.05, 4.69) is 76.3 Å². The number of fused-ring (bicyclic) bond motifs is 4. The maximum Gasteiger partial charge on any atom is 0.0159 e. The van der Waals surface area contributed by atoms with Crippen molar-refractivity contribution in [3.8, 4) is 0 Å². The fraction of sp³-hybridized carbons (Fsp3) is 0.304. The molecule has 23 heavy (non-hydrogen) atoms. The van der Waals surface area contributed by atoms with Crippen LogP contribution in [0.1, 0.15) is 66.6 Å². The Kier molecular flexibility index (Phi) is 2.25. The third kappa shape index (κ3) is 1.47. The van der Waals surface area contributed by atoms with Gasteiger partial charge in [0.05, 0.1) is 0 Å². The minimum Gasteiger partial charge on any atom is -0.0795 e. The summed E-state index contributed by atoms with van der Waals surface area (Å²) in [6.45, 7) is 9.47. The first-order valence-electron chi connectivity index (χ1n) is 8.62. The molecule has 0 unspecified atom stereocenters. The lowest BCUT2D eigenvalue weighted by Crippen LogP contribution is -2.27. The van der Waals surface area contributed by atoms with Crippen LogP contribution in [0.3, 0.4) is 0 Å². The molecule has 0 radical (unpaired) electrons. The molecule has 3 aliphatic carbocycles. The SMILES string of the molecule is CC1(C)C=C2c3c1cccc3C(C)(C)c1ccc3c(c12)CC=C3. The molecule has 2 aromatic carbocycles. The number of rotatable bonds is 0. The van der Waals surface area contributed by atoms with Crippen molar-refractivity contribution in [2.24, 2.45) is 0 Å². The van der Waals surface area contributed by atoms with Gasteiger partial charge in [-0.15, -0.1) is 0 Å². The first kappa shape index (κ1) is 13.4. The largest absolute Gasteiger partial charge is 0.0795 e. The van der Waals surface area contributed by atoms with Gasteiger partial charge in [0.15, 0.2) is 0 Å². The van der Waals surface area contributed by atoms with Gasteiger partial charge in [-0.1, -0.05) is 76.3 Å². The molecule has 114 valence electrons. The molecule has 0 heteroatoms. The predicted molar refractivity (Wildman–Crippen MR) is 97.9 cm³/mol. The zero-order chi connectivity index (χ0) is 16.0. The average molecular weight is 298 g/mol. The molecule has 3 aliphatic rings. The van der Waals surface area contributed by atoms with Gasteiger partial charge in [-0.2, -0.15) is 0 Å². The Balaban J connectivity index is 1.95. The lowest BCUT2D eigenvalue weighted by Gasteiger charge is -2.37. The third-order valence-electron chi connectivity index (χ3n) is 6.12. The smallest absolute Gasteiger partial charge is 0.0159 e. The molecule has 0 heterocycles. The van der Waals surface area contributed by atoms with Gasteiger partial charge in [0, 0.05) is 10.8 Å². The van der Waals surface area contributed by atoms with E-state index in [0.717, 1.165) is 6.42 Å². The highest BCUT2D eigenvalue weighted by Gasteiger charge is 2.42. The van der Waals surface area contributed by atoms with E-state index in [1.807, 2.05) is 0 Å². The molecule has 0 aromatic heterocycles. The molecule has 0 amide bonds. The first-order chi connectivity index (χ1) is 10.9. The van der Waals surface area contributed by atoms with Gasteiger partial charge >= 0.3 is 0 Å². The number of allylic oxidation sites excluding steroid dienone is 2. The second-order valence-corrected chi connectivity index (χ2v) is 8.30. The van der Waals surface area contributed by atoms with Crippen molar-refractivity contribution in [1.82, 2.24) is 0 Å². The fourth-order valence-electron chi connectivity index (χ4n) is 4.93. The topological polar surface area (TPSA) is 0 Å². The van der Waals surface area contributed by atoms with Crippen molar-refractivity contribution in [3.63, 3.8) is 0 Å². The maximum atomic E-state index is 2.51. The summed E-state index contributed by atoms with van der Waals surface area (Å²) < 4.78 is 0. The van der Waals surface area contributed by atoms with E-state index in [9.17, 15) is 0 Å². The minimum atomic E-state index is 0.0655. The van der Waals surface area contributed by atoms with Crippen molar-refractivity contribution >= 4 is 11.6 Å². The van der Waals surface area contributed by atoms with Crippen LogP contribution in [0.2, 0.25) is 0 Å². The monoisotopic (exact) mass is 298 g/mol. The Labute approximate surface area is 138 Å². The van der Waals surface area contributed by atoms with Crippen LogP contribution in [0.15, 0.2) is 42.5 Å². The van der Waals surface area contributed by atoms with Crippen LogP contribution in [-0.2, 0) is 17.3 Å². The molecule has 0 bridgehead atoms. The zero-order valence-electron chi connectivity index (χ0n) is 14.3. The van der Waals surface area contributed by atoms with E-state index in [-0.39, 0.29) is 10.8 Å². The van der Waals surface area contributed by atoms with E-state index in [0.29, 0.717) is 0 Å². The Morgan fingerprint density at radius 1 is 0.826 bits per heavy atom. The molecule has 0 atom stereocenters. The molecular formula is C23H22. The third-order valence-corrected chi connectivity index (χ3v) is 6.12. The summed E-state index contributed by atoms with van der Waals surface area (Å²) >= 11 is 0. The van der Waals surface area contributed by atoms with Crippen LogP contribution in [0, 0.1) is 0 Å². The Hall–Kier alpha value is -2.08. The lowest BCUT2D eigenvalue weighted by atomic mass is 9.66. The molecule has 0 aliphatic heterocycles. The van der Waals surface area contributed by atoms with Gasteiger partial charge in [0.2, 0.25) is 0 Å². The van der Waals surface area contributed by atoms with Crippen LogP contribution < -0.4 is 0 Å². The van der Waals surface area contributed by atoms with E-state index >= 15 is 0 Å². The maximum absolute atomic E-state index is 2.51. The Bertz CT molecular complexity index is 933. The van der Waals surface area contributed by atoms with Crippen LogP contribution in [0.25, 0.3) is 11.6 Å². The summed E-state index contributed by atoms with van der Waals surface area (Å²) in [6.07, 6.45) is 8.17. The summed E-state index contributed by atoms with van der Waals surface area (Å²) in [5.41, 5.74) is 12.1. The van der Waals surface area contributed by atoms with Crippen LogP contribution in [-0.4, -0.2) is 0 Å². The Morgan fingerprint density at radius 2 is 1.57 bits per heavy atom. The van der Waals surface area contributed by atoms with E-state index < -0.39 is 0 Å². The second-order valence-electron chi connectivity index (χ2n) is 8.30. The summed E-state index contributed by atoms with van der Waals surface area (Å²) in [4.78, 5) is 0. The van der Waals surface area contributed by atoms with Crippen LogP contribution in [0.4, 0.5) is 0 Å². The first-order valence-corrected chi connectivity index (χ1v) is 8.62. The van der Waals surface area contributed by atoms with Crippen molar-refractivity contribution in [2.75, 3.05) is 0 Å². The van der Waals surface area contributed by atoms with Gasteiger partial charge in [-0.3, -0.25) is 0 Å². The zero-order valence-corrected chi connectivity index (χ0v) is 14.3. The molecule has 5 rings (SSSR count). The molecule has 0 nitrogen and oxygen atoms in total. The van der Waals surface area contributed by atoms with E-state index in [1.54, 1.807) is 0 Å². The van der Waals surface area contributed by atoms with Gasteiger partial charge in [0.25, 0.3) is 0 Å². The Morgan fingerprint density at radius 3 is 2.39 bits per heavy atom. The molecular weight excluding hydrogens is 276 g/mol. The second kappa shape index (κ2) is 3.87. The predicted octanol–water partition coefficient (Wildman–Crippen LogP) is 5.62. The van der Waals surface area contributed by atoms with Crippen LogP contribution in [0.5, 0.6) is 0 Å². The number of hydrogen-bond acceptors (Lipinski definition) is 0. The summed E-state index contributed by atoms with van der Waals surface area (Å²) in [7, 11) is 0. The minimum absolute atomic E-state index is 0.0655. The quantitative estimate of drug-likeness (QED) is 0.592. The van der Waals surface area contributed by atoms with Crippen molar-refractivity contribution in [2.45, 2.75) is 44.9 Å². The van der Waals surface area contributed by atoms with Gasteiger partial charge in [0.1, 0.15) is 0 Å². The molecule has 0 saturated heterocycles. The fourth-order valence-corrected chi connectivity index (χ4v) is 4.93. The number of hydrogen-bond donors (Lipinski definition) is 0.